The van der Waals surface area contributed by atoms with E-state index in [4.69, 9.17) is 17.3 Å². The molecule has 0 aliphatic carbocycles. The van der Waals surface area contributed by atoms with Gasteiger partial charge in [-0.25, -0.2) is 0 Å². The average molecular weight is 286 g/mol. The van der Waals surface area contributed by atoms with Crippen LogP contribution in [-0.2, 0) is 0 Å². The molecule has 1 atom stereocenters. The molecular formula is C13H20ClN3O2. The van der Waals surface area contributed by atoms with E-state index in [0.717, 1.165) is 17.8 Å². The average Bonchev–Trinajstić information content (AvgIpc) is 2.32. The van der Waals surface area contributed by atoms with Gasteiger partial charge < -0.3 is 11.1 Å². The van der Waals surface area contributed by atoms with Gasteiger partial charge in [-0.2, -0.15) is 0 Å². The molecule has 0 aromatic heterocycles. The van der Waals surface area contributed by atoms with E-state index in [9.17, 15) is 10.1 Å². The molecule has 0 radical (unpaired) electrons. The highest BCUT2D eigenvalue weighted by Gasteiger charge is 2.16. The first-order valence-corrected chi connectivity index (χ1v) is 6.63. The molecule has 0 amide bonds. The lowest BCUT2D eigenvalue weighted by atomic mass is 9.96. The molecule has 1 aromatic carbocycles. The second-order valence-electron chi connectivity index (χ2n) is 5.00. The third-order valence-corrected chi connectivity index (χ3v) is 3.59. The van der Waals surface area contributed by atoms with Crippen LogP contribution in [0.2, 0.25) is 5.02 Å². The fraction of sp³-hybridized carbons (Fsp3) is 0.538. The van der Waals surface area contributed by atoms with Gasteiger partial charge in [-0.1, -0.05) is 25.4 Å². The van der Waals surface area contributed by atoms with Gasteiger partial charge >= 0.3 is 0 Å². The van der Waals surface area contributed by atoms with E-state index in [2.05, 4.69) is 19.2 Å². The molecule has 19 heavy (non-hydrogen) atoms. The summed E-state index contributed by atoms with van der Waals surface area (Å²) >= 11 is 5.90. The Hall–Kier alpha value is -1.33. The van der Waals surface area contributed by atoms with Gasteiger partial charge in [-0.05, 0) is 36.9 Å². The molecule has 3 N–H and O–H groups in total. The number of nitrogens with two attached hydrogens (primary N) is 1. The van der Waals surface area contributed by atoms with Crippen LogP contribution < -0.4 is 11.1 Å². The third-order valence-electron chi connectivity index (χ3n) is 3.29. The number of aryl methyl sites for hydroxylation is 1. The van der Waals surface area contributed by atoms with Crippen molar-refractivity contribution >= 4 is 23.0 Å². The Kier molecular flexibility index (Phi) is 5.57. The van der Waals surface area contributed by atoms with Crippen LogP contribution in [0.1, 0.15) is 19.4 Å². The minimum Gasteiger partial charge on any atom is -0.384 e. The van der Waals surface area contributed by atoms with Gasteiger partial charge in [-0.15, -0.1) is 0 Å². The minimum absolute atomic E-state index is 0.0658. The van der Waals surface area contributed by atoms with Crippen LogP contribution in [0.3, 0.4) is 0 Å². The SMILES string of the molecule is Cc1cc([N+](=O)[O-])c(Cl)cc1NCC(CN)C(C)C. The van der Waals surface area contributed by atoms with Gasteiger partial charge in [0.2, 0.25) is 0 Å². The molecule has 1 aromatic rings. The molecule has 0 bridgehead atoms. The predicted molar refractivity (Wildman–Crippen MR) is 78.7 cm³/mol. The van der Waals surface area contributed by atoms with Gasteiger partial charge in [0.1, 0.15) is 5.02 Å². The van der Waals surface area contributed by atoms with E-state index >= 15 is 0 Å². The molecule has 0 aliphatic heterocycles. The Morgan fingerprint density at radius 2 is 2.11 bits per heavy atom. The minimum atomic E-state index is -0.476. The normalized spacial score (nSPS) is 12.5. The highest BCUT2D eigenvalue weighted by molar-refractivity contribution is 6.33. The summed E-state index contributed by atoms with van der Waals surface area (Å²) in [7, 11) is 0. The van der Waals surface area contributed by atoms with Gasteiger partial charge in [0.15, 0.2) is 0 Å². The lowest BCUT2D eigenvalue weighted by Crippen LogP contribution is -2.27. The van der Waals surface area contributed by atoms with E-state index in [1.807, 2.05) is 6.92 Å². The molecule has 1 rings (SSSR count). The summed E-state index contributed by atoms with van der Waals surface area (Å²) in [5.41, 5.74) is 7.26. The first-order chi connectivity index (χ1) is 8.86. The number of rotatable bonds is 6. The zero-order valence-electron chi connectivity index (χ0n) is 11.4. The lowest BCUT2D eigenvalue weighted by Gasteiger charge is -2.20. The number of nitro benzene ring substituents is 1. The topological polar surface area (TPSA) is 81.2 Å². The predicted octanol–water partition coefficient (Wildman–Crippen LogP) is 3.20. The molecule has 0 heterocycles. The zero-order chi connectivity index (χ0) is 14.6. The maximum atomic E-state index is 10.8. The standard InChI is InChI=1S/C13H20ClN3O2/c1-8(2)10(6-15)7-16-12-5-11(14)13(17(18)19)4-9(12)3/h4-5,8,10,16H,6-7,15H2,1-3H3. The molecular weight excluding hydrogens is 266 g/mol. The second-order valence-corrected chi connectivity index (χ2v) is 5.40. The fourth-order valence-corrected chi connectivity index (χ4v) is 2.06. The van der Waals surface area contributed by atoms with Crippen molar-refractivity contribution < 1.29 is 4.92 Å². The van der Waals surface area contributed by atoms with Crippen LogP contribution in [-0.4, -0.2) is 18.0 Å². The van der Waals surface area contributed by atoms with Crippen LogP contribution in [0.5, 0.6) is 0 Å². The van der Waals surface area contributed by atoms with Gasteiger partial charge in [-0.3, -0.25) is 10.1 Å². The molecule has 0 saturated heterocycles. The summed E-state index contributed by atoms with van der Waals surface area (Å²) in [6, 6.07) is 3.08. The van der Waals surface area contributed by atoms with Gasteiger partial charge in [0.05, 0.1) is 4.92 Å². The van der Waals surface area contributed by atoms with Crippen LogP contribution in [0.15, 0.2) is 12.1 Å². The maximum Gasteiger partial charge on any atom is 0.288 e. The molecule has 5 nitrogen and oxygen atoms in total. The van der Waals surface area contributed by atoms with Crippen molar-refractivity contribution in [2.24, 2.45) is 17.6 Å². The molecule has 0 fully saturated rings. The number of nitro groups is 1. The highest BCUT2D eigenvalue weighted by atomic mass is 35.5. The summed E-state index contributed by atoms with van der Waals surface area (Å²) in [5, 5.41) is 14.2. The van der Waals surface area contributed by atoms with Crippen LogP contribution >= 0.6 is 11.6 Å². The Morgan fingerprint density at radius 3 is 2.58 bits per heavy atom. The van der Waals surface area contributed by atoms with Gasteiger partial charge in [0.25, 0.3) is 5.69 Å². The Balaban J connectivity index is 2.85. The highest BCUT2D eigenvalue weighted by Crippen LogP contribution is 2.30. The molecule has 0 aliphatic rings. The van der Waals surface area contributed by atoms with E-state index in [1.54, 1.807) is 6.07 Å². The summed E-state index contributed by atoms with van der Waals surface area (Å²) in [5.74, 6) is 0.833. The smallest absolute Gasteiger partial charge is 0.288 e. The number of hydrogen-bond donors (Lipinski definition) is 2. The number of anilines is 1. The number of nitrogens with one attached hydrogen (secondary N) is 1. The number of hydrogen-bond acceptors (Lipinski definition) is 4. The van der Waals surface area contributed by atoms with E-state index in [1.165, 1.54) is 6.07 Å². The summed E-state index contributed by atoms with van der Waals surface area (Å²) < 4.78 is 0. The molecule has 106 valence electrons. The van der Waals surface area contributed by atoms with Crippen LogP contribution in [0, 0.1) is 28.9 Å². The molecule has 1 unspecified atom stereocenters. The van der Waals surface area contributed by atoms with Crippen molar-refractivity contribution in [1.82, 2.24) is 0 Å². The molecule has 0 spiro atoms. The second kappa shape index (κ2) is 6.73. The van der Waals surface area contributed by atoms with Crippen molar-refractivity contribution in [3.8, 4) is 0 Å². The van der Waals surface area contributed by atoms with Gasteiger partial charge in [0, 0.05) is 18.3 Å². The largest absolute Gasteiger partial charge is 0.384 e. The quantitative estimate of drug-likeness (QED) is 0.621. The monoisotopic (exact) mass is 285 g/mol. The first kappa shape index (κ1) is 15.7. The van der Waals surface area contributed by atoms with Crippen LogP contribution in [0.4, 0.5) is 11.4 Å². The summed E-state index contributed by atoms with van der Waals surface area (Å²) in [6.45, 7) is 7.38. The van der Waals surface area contributed by atoms with Crippen molar-refractivity contribution in [3.63, 3.8) is 0 Å². The molecule has 6 heteroatoms. The van der Waals surface area contributed by atoms with Crippen molar-refractivity contribution in [3.05, 3.63) is 32.8 Å². The number of halogens is 1. The Labute approximate surface area is 118 Å². The van der Waals surface area contributed by atoms with Crippen molar-refractivity contribution in [2.45, 2.75) is 20.8 Å². The summed E-state index contributed by atoms with van der Waals surface area (Å²) in [6.07, 6.45) is 0. The third kappa shape index (κ3) is 4.08. The number of benzene rings is 1. The van der Waals surface area contributed by atoms with E-state index in [0.29, 0.717) is 18.4 Å². The van der Waals surface area contributed by atoms with E-state index in [-0.39, 0.29) is 10.7 Å². The van der Waals surface area contributed by atoms with Crippen molar-refractivity contribution in [1.29, 1.82) is 0 Å². The van der Waals surface area contributed by atoms with E-state index < -0.39 is 4.92 Å². The summed E-state index contributed by atoms with van der Waals surface area (Å²) in [4.78, 5) is 10.3. The maximum absolute atomic E-state index is 10.8. The Morgan fingerprint density at radius 1 is 1.47 bits per heavy atom. The molecule has 0 saturated carbocycles. The Bertz CT molecular complexity index is 463. The lowest BCUT2D eigenvalue weighted by molar-refractivity contribution is -0.384. The number of nitrogens with zero attached hydrogens (tertiary/aromatic N) is 1. The van der Waals surface area contributed by atoms with Crippen LogP contribution in [0.25, 0.3) is 0 Å². The van der Waals surface area contributed by atoms with Crippen molar-refractivity contribution in [2.75, 3.05) is 18.4 Å². The zero-order valence-corrected chi connectivity index (χ0v) is 12.2. The fourth-order valence-electron chi connectivity index (χ4n) is 1.83. The first-order valence-electron chi connectivity index (χ1n) is 6.25.